The first-order chi connectivity index (χ1) is 8.15. The maximum atomic E-state index is 5.21. The Balaban J connectivity index is 2.10. The average Bonchev–Trinajstić information content (AvgIpc) is 2.76. The van der Waals surface area contributed by atoms with Crippen LogP contribution in [0.1, 0.15) is 19.7 Å². The van der Waals surface area contributed by atoms with Crippen LogP contribution in [0.5, 0.6) is 0 Å². The molecule has 0 aliphatic rings. The lowest BCUT2D eigenvalue weighted by atomic mass is 10.2. The van der Waals surface area contributed by atoms with Crippen molar-refractivity contribution >= 4 is 27.7 Å². The molecule has 0 saturated carbocycles. The van der Waals surface area contributed by atoms with E-state index in [0.717, 1.165) is 15.8 Å². The first kappa shape index (κ1) is 12.6. The molecule has 2 aromatic rings. The van der Waals surface area contributed by atoms with E-state index >= 15 is 0 Å². The van der Waals surface area contributed by atoms with Crippen LogP contribution in [-0.4, -0.2) is 15.4 Å². The van der Waals surface area contributed by atoms with E-state index in [2.05, 4.69) is 39.9 Å². The molecule has 1 aromatic heterocycles. The Morgan fingerprint density at radius 2 is 2.00 bits per heavy atom. The molecule has 0 amide bonds. The molecule has 0 unspecified atom stereocenters. The normalized spacial score (nSPS) is 11.1. The van der Waals surface area contributed by atoms with Gasteiger partial charge in [0.25, 0.3) is 0 Å². The van der Waals surface area contributed by atoms with Gasteiger partial charge in [0, 0.05) is 10.0 Å². The van der Waals surface area contributed by atoms with E-state index in [4.69, 9.17) is 4.52 Å². The number of nitrogens with zero attached hydrogens (tertiary/aromatic N) is 2. The lowest BCUT2D eigenvalue weighted by molar-refractivity contribution is 0.391. The molecule has 5 heteroatoms. The first-order valence-electron chi connectivity index (χ1n) is 5.35. The van der Waals surface area contributed by atoms with Gasteiger partial charge in [0.05, 0.1) is 5.75 Å². The highest BCUT2D eigenvalue weighted by atomic mass is 79.9. The van der Waals surface area contributed by atoms with Crippen LogP contribution in [0.4, 0.5) is 0 Å². The third-order valence-corrected chi connectivity index (χ3v) is 3.72. The summed E-state index contributed by atoms with van der Waals surface area (Å²) >= 11 is 5.19. The van der Waals surface area contributed by atoms with Gasteiger partial charge in [-0.2, -0.15) is 4.98 Å². The minimum atomic E-state index is 0.568. The van der Waals surface area contributed by atoms with Crippen LogP contribution >= 0.6 is 27.7 Å². The molecule has 1 heterocycles. The van der Waals surface area contributed by atoms with Crippen molar-refractivity contribution in [3.63, 3.8) is 0 Å². The summed E-state index contributed by atoms with van der Waals surface area (Å²) in [5, 5.41) is 4.55. The van der Waals surface area contributed by atoms with Crippen molar-refractivity contribution in [2.24, 2.45) is 0 Å². The highest BCUT2D eigenvalue weighted by Gasteiger charge is 2.09. The quantitative estimate of drug-likeness (QED) is 0.850. The molecule has 17 heavy (non-hydrogen) atoms. The van der Waals surface area contributed by atoms with Gasteiger partial charge >= 0.3 is 0 Å². The van der Waals surface area contributed by atoms with Crippen LogP contribution in [-0.2, 0) is 5.75 Å². The predicted octanol–water partition coefficient (Wildman–Crippen LogP) is 4.14. The summed E-state index contributed by atoms with van der Waals surface area (Å²) in [4.78, 5) is 4.37. The predicted molar refractivity (Wildman–Crippen MR) is 73.9 cm³/mol. The van der Waals surface area contributed by atoms with Crippen LogP contribution in [0.2, 0.25) is 0 Å². The van der Waals surface area contributed by atoms with Crippen LogP contribution < -0.4 is 0 Å². The van der Waals surface area contributed by atoms with Crippen LogP contribution in [0.15, 0.2) is 33.3 Å². The molecule has 1 aromatic carbocycles. The summed E-state index contributed by atoms with van der Waals surface area (Å²) in [6, 6.07) is 7.87. The summed E-state index contributed by atoms with van der Waals surface area (Å²) in [6.45, 7) is 4.30. The molecule has 3 nitrogen and oxygen atoms in total. The van der Waals surface area contributed by atoms with E-state index in [1.54, 1.807) is 11.8 Å². The van der Waals surface area contributed by atoms with Gasteiger partial charge in [-0.05, 0) is 29.5 Å². The summed E-state index contributed by atoms with van der Waals surface area (Å²) in [6.07, 6.45) is 0. The minimum absolute atomic E-state index is 0.568. The Labute approximate surface area is 113 Å². The number of hydrogen-bond donors (Lipinski definition) is 0. The fraction of sp³-hybridized carbons (Fsp3) is 0.333. The zero-order chi connectivity index (χ0) is 12.3. The largest absolute Gasteiger partial charge is 0.338 e. The van der Waals surface area contributed by atoms with Crippen molar-refractivity contribution in [1.29, 1.82) is 0 Å². The van der Waals surface area contributed by atoms with Gasteiger partial charge in [0.2, 0.25) is 11.7 Å². The average molecular weight is 313 g/mol. The molecule has 2 rings (SSSR count). The molecule has 0 atom stereocenters. The highest BCUT2D eigenvalue weighted by molar-refractivity contribution is 9.10. The van der Waals surface area contributed by atoms with Gasteiger partial charge in [0.15, 0.2) is 0 Å². The number of aromatic nitrogens is 2. The topological polar surface area (TPSA) is 38.9 Å². The zero-order valence-electron chi connectivity index (χ0n) is 9.68. The number of thioether (sulfide) groups is 1. The summed E-state index contributed by atoms with van der Waals surface area (Å²) in [5.41, 5.74) is 0.970. The second kappa shape index (κ2) is 5.69. The van der Waals surface area contributed by atoms with Gasteiger partial charge in [-0.15, -0.1) is 11.8 Å². The lowest BCUT2D eigenvalue weighted by Crippen LogP contribution is -1.89. The Morgan fingerprint density at radius 1 is 1.29 bits per heavy atom. The molecular weight excluding hydrogens is 300 g/mol. The minimum Gasteiger partial charge on any atom is -0.338 e. The Hall–Kier alpha value is -0.810. The SMILES string of the molecule is CC(C)SCc1nc(-c2ccc(Br)cc2)no1. The molecule has 0 N–H and O–H groups in total. The third kappa shape index (κ3) is 3.57. The maximum absolute atomic E-state index is 5.21. The molecule has 0 spiro atoms. The van der Waals surface area contributed by atoms with E-state index in [1.807, 2.05) is 24.3 Å². The van der Waals surface area contributed by atoms with E-state index in [1.165, 1.54) is 0 Å². The second-order valence-electron chi connectivity index (χ2n) is 3.88. The molecule has 0 aliphatic carbocycles. The number of benzene rings is 1. The van der Waals surface area contributed by atoms with Crippen molar-refractivity contribution in [3.05, 3.63) is 34.6 Å². The molecule has 0 aliphatic heterocycles. The molecule has 0 fully saturated rings. The van der Waals surface area contributed by atoms with E-state index in [9.17, 15) is 0 Å². The standard InChI is InChI=1S/C12H13BrN2OS/c1-8(2)17-7-11-14-12(15-16-11)9-3-5-10(13)6-4-9/h3-6,8H,7H2,1-2H3. The van der Waals surface area contributed by atoms with E-state index in [0.29, 0.717) is 17.0 Å². The first-order valence-corrected chi connectivity index (χ1v) is 7.19. The van der Waals surface area contributed by atoms with Crippen molar-refractivity contribution in [3.8, 4) is 11.4 Å². The molecule has 0 radical (unpaired) electrons. The Morgan fingerprint density at radius 3 is 2.65 bits per heavy atom. The van der Waals surface area contributed by atoms with E-state index < -0.39 is 0 Å². The summed E-state index contributed by atoms with van der Waals surface area (Å²) in [7, 11) is 0. The van der Waals surface area contributed by atoms with Gasteiger partial charge < -0.3 is 4.52 Å². The molecular formula is C12H13BrN2OS. The van der Waals surface area contributed by atoms with Crippen molar-refractivity contribution in [1.82, 2.24) is 10.1 Å². The fourth-order valence-corrected chi connectivity index (χ4v) is 2.13. The number of halogens is 1. The number of rotatable bonds is 4. The smallest absolute Gasteiger partial charge is 0.236 e. The second-order valence-corrected chi connectivity index (χ2v) is 6.36. The summed E-state index contributed by atoms with van der Waals surface area (Å²) < 4.78 is 6.25. The fourth-order valence-electron chi connectivity index (χ4n) is 1.27. The van der Waals surface area contributed by atoms with Crippen LogP contribution in [0, 0.1) is 0 Å². The van der Waals surface area contributed by atoms with Crippen molar-refractivity contribution < 1.29 is 4.52 Å². The van der Waals surface area contributed by atoms with Crippen LogP contribution in [0.25, 0.3) is 11.4 Å². The number of hydrogen-bond acceptors (Lipinski definition) is 4. The molecule has 0 bridgehead atoms. The molecule has 90 valence electrons. The third-order valence-electron chi connectivity index (χ3n) is 2.11. The van der Waals surface area contributed by atoms with Gasteiger partial charge in [-0.25, -0.2) is 0 Å². The lowest BCUT2D eigenvalue weighted by Gasteiger charge is -1.99. The van der Waals surface area contributed by atoms with Crippen LogP contribution in [0.3, 0.4) is 0 Å². The highest BCUT2D eigenvalue weighted by Crippen LogP contribution is 2.21. The summed E-state index contributed by atoms with van der Waals surface area (Å²) in [5.74, 6) is 2.10. The zero-order valence-corrected chi connectivity index (χ0v) is 12.1. The van der Waals surface area contributed by atoms with Gasteiger partial charge in [0.1, 0.15) is 0 Å². The van der Waals surface area contributed by atoms with Crippen molar-refractivity contribution in [2.45, 2.75) is 24.9 Å². The van der Waals surface area contributed by atoms with Gasteiger partial charge in [-0.3, -0.25) is 0 Å². The monoisotopic (exact) mass is 312 g/mol. The Kier molecular flexibility index (Phi) is 4.23. The van der Waals surface area contributed by atoms with E-state index in [-0.39, 0.29) is 0 Å². The van der Waals surface area contributed by atoms with Crippen molar-refractivity contribution in [2.75, 3.05) is 0 Å². The Bertz CT molecular complexity index is 482. The van der Waals surface area contributed by atoms with Gasteiger partial charge in [-0.1, -0.05) is 34.9 Å². The maximum Gasteiger partial charge on any atom is 0.236 e. The molecule has 0 saturated heterocycles.